The molecule has 5 aliphatic rings. The molecule has 2 N–H and O–H groups in total. The molecule has 5 aliphatic carbocycles. The molecule has 0 saturated heterocycles. The first kappa shape index (κ1) is 28.2. The van der Waals surface area contributed by atoms with Crippen LogP contribution >= 0.6 is 0 Å². The normalized spacial score (nSPS) is 49.1. The molecule has 0 radical (unpaired) electrons. The Morgan fingerprint density at radius 1 is 1.05 bits per heavy atom. The summed E-state index contributed by atoms with van der Waals surface area (Å²) in [6, 6.07) is 0. The SMILES string of the molecule is C[C@@H]1CC(OC(=O)O[C@]2(C(=O)O)[C@H](C)C[C@H]3[C@@H]4CC(F)=C5CC(=O)C=C[C@]5(C)[C@@]4(F)[C@@H](O)C[C@@]32C)C[C@H](C)C1. The maximum absolute atomic E-state index is 17.4. The van der Waals surface area contributed by atoms with Gasteiger partial charge >= 0.3 is 12.1 Å². The van der Waals surface area contributed by atoms with Gasteiger partial charge in [-0.05, 0) is 68.4 Å². The number of aliphatic carboxylic acids is 1. The van der Waals surface area contributed by atoms with Gasteiger partial charge in [-0.2, -0.15) is 0 Å². The summed E-state index contributed by atoms with van der Waals surface area (Å²) in [6.07, 6.45) is 1.01. The summed E-state index contributed by atoms with van der Waals surface area (Å²) in [7, 11) is 0. The van der Waals surface area contributed by atoms with Crippen molar-refractivity contribution in [3.05, 3.63) is 23.6 Å². The molecule has 1 unspecified atom stereocenters. The molecule has 3 fully saturated rings. The number of ketones is 1. The van der Waals surface area contributed by atoms with Crippen LogP contribution in [0, 0.1) is 40.4 Å². The van der Waals surface area contributed by atoms with E-state index in [2.05, 4.69) is 13.8 Å². The smallest absolute Gasteiger partial charge is 0.478 e. The van der Waals surface area contributed by atoms with E-state index < -0.39 is 70.0 Å². The number of hydrogen-bond donors (Lipinski definition) is 2. The molecule has 0 spiro atoms. The van der Waals surface area contributed by atoms with Gasteiger partial charge in [-0.1, -0.05) is 33.8 Å². The van der Waals surface area contributed by atoms with E-state index in [1.54, 1.807) is 13.8 Å². The zero-order valence-electron chi connectivity index (χ0n) is 23.3. The molecule has 39 heavy (non-hydrogen) atoms. The fraction of sp³-hybridized carbons (Fsp3) is 0.767. The predicted molar refractivity (Wildman–Crippen MR) is 137 cm³/mol. The number of hydrogen-bond acceptors (Lipinski definition) is 6. The summed E-state index contributed by atoms with van der Waals surface area (Å²) in [5.74, 6) is -4.15. The number of allylic oxidation sites excluding steroid dienone is 4. The molecule has 5 rings (SSSR count). The zero-order chi connectivity index (χ0) is 28.7. The second-order valence-electron chi connectivity index (χ2n) is 13.6. The Labute approximate surface area is 228 Å². The van der Waals surface area contributed by atoms with Gasteiger partial charge in [0.1, 0.15) is 11.9 Å². The number of alkyl halides is 1. The summed E-state index contributed by atoms with van der Waals surface area (Å²) >= 11 is 0. The molecule has 0 amide bonds. The van der Waals surface area contributed by atoms with Gasteiger partial charge < -0.3 is 19.7 Å². The van der Waals surface area contributed by atoms with Gasteiger partial charge in [0.25, 0.3) is 0 Å². The highest BCUT2D eigenvalue weighted by molar-refractivity contribution is 5.93. The lowest BCUT2D eigenvalue weighted by atomic mass is 9.45. The van der Waals surface area contributed by atoms with E-state index in [1.807, 2.05) is 0 Å². The van der Waals surface area contributed by atoms with Crippen molar-refractivity contribution in [2.45, 2.75) is 103 Å². The molecule has 7 nitrogen and oxygen atoms in total. The van der Waals surface area contributed by atoms with Crippen molar-refractivity contribution in [2.24, 2.45) is 40.4 Å². The summed E-state index contributed by atoms with van der Waals surface area (Å²) in [5, 5.41) is 22.1. The summed E-state index contributed by atoms with van der Waals surface area (Å²) in [5.41, 5.74) is -7.33. The van der Waals surface area contributed by atoms with Crippen molar-refractivity contribution in [1.29, 1.82) is 0 Å². The van der Waals surface area contributed by atoms with E-state index in [1.165, 1.54) is 19.1 Å². The van der Waals surface area contributed by atoms with Crippen LogP contribution in [0.4, 0.5) is 13.6 Å². The second kappa shape index (κ2) is 9.11. The van der Waals surface area contributed by atoms with Crippen LogP contribution in [0.25, 0.3) is 0 Å². The minimum absolute atomic E-state index is 0.0442. The number of carbonyl (C=O) groups excluding carboxylic acids is 2. The van der Waals surface area contributed by atoms with Crippen molar-refractivity contribution >= 4 is 17.9 Å². The van der Waals surface area contributed by atoms with E-state index in [0.717, 1.165) is 6.42 Å². The molecule has 0 aromatic heterocycles. The maximum Gasteiger partial charge on any atom is 0.509 e. The Morgan fingerprint density at radius 3 is 2.31 bits per heavy atom. The average molecular weight is 551 g/mol. The molecule has 0 aromatic rings. The number of aliphatic hydroxyl groups is 1. The zero-order valence-corrected chi connectivity index (χ0v) is 23.3. The number of ether oxygens (including phenoxy) is 2. The monoisotopic (exact) mass is 550 g/mol. The standard InChI is InChI=1S/C30H40F2O7/c1-15-8-16(2)10-19(9-15)38-26(37)39-30(25(35)36)17(3)11-20-21-13-23(31)22-12-18(33)6-7-27(22,4)29(21,32)24(34)14-28(20,30)5/h6-7,15-17,19-21,24,34H,8-14H2,1-5H3,(H,35,36)/t15-,16+,17-,19?,20+,21+,24+,27+,28+,29+,30+/m1/s1. The fourth-order valence-corrected chi connectivity index (χ4v) is 9.48. The highest BCUT2D eigenvalue weighted by atomic mass is 19.1. The van der Waals surface area contributed by atoms with Crippen molar-refractivity contribution in [3.8, 4) is 0 Å². The molecule has 11 atom stereocenters. The number of fused-ring (bicyclic) bond motifs is 5. The Morgan fingerprint density at radius 2 is 1.69 bits per heavy atom. The third-order valence-corrected chi connectivity index (χ3v) is 11.2. The summed E-state index contributed by atoms with van der Waals surface area (Å²) < 4.78 is 44.4. The van der Waals surface area contributed by atoms with Crippen LogP contribution in [0.1, 0.15) is 79.6 Å². The van der Waals surface area contributed by atoms with Crippen molar-refractivity contribution in [2.75, 3.05) is 0 Å². The maximum atomic E-state index is 17.4. The van der Waals surface area contributed by atoms with E-state index in [4.69, 9.17) is 9.47 Å². The minimum Gasteiger partial charge on any atom is -0.478 e. The second-order valence-corrected chi connectivity index (χ2v) is 13.6. The largest absolute Gasteiger partial charge is 0.509 e. The first-order valence-electron chi connectivity index (χ1n) is 14.2. The number of carboxylic acids is 1. The molecular weight excluding hydrogens is 510 g/mol. The summed E-state index contributed by atoms with van der Waals surface area (Å²) in [4.78, 5) is 38.2. The van der Waals surface area contributed by atoms with E-state index in [0.29, 0.717) is 24.7 Å². The van der Waals surface area contributed by atoms with E-state index in [-0.39, 0.29) is 37.0 Å². The Kier molecular flexibility index (Phi) is 6.60. The van der Waals surface area contributed by atoms with Crippen LogP contribution in [-0.2, 0) is 19.1 Å². The van der Waals surface area contributed by atoms with Crippen LogP contribution in [0.15, 0.2) is 23.6 Å². The van der Waals surface area contributed by atoms with Crippen molar-refractivity contribution in [1.82, 2.24) is 0 Å². The molecule has 0 bridgehead atoms. The van der Waals surface area contributed by atoms with Crippen LogP contribution < -0.4 is 0 Å². The Hall–Kier alpha value is -2.29. The van der Waals surface area contributed by atoms with Gasteiger partial charge in [0, 0.05) is 35.5 Å². The lowest BCUT2D eigenvalue weighted by Crippen LogP contribution is -2.69. The molecule has 216 valence electrons. The highest BCUT2D eigenvalue weighted by Gasteiger charge is 2.78. The third-order valence-electron chi connectivity index (χ3n) is 11.2. The number of halogens is 2. The number of carbonyl (C=O) groups is 3. The molecule has 3 saturated carbocycles. The molecule has 0 aromatic carbocycles. The summed E-state index contributed by atoms with van der Waals surface area (Å²) in [6.45, 7) is 8.91. The Balaban J connectivity index is 1.51. The quantitative estimate of drug-likeness (QED) is 0.434. The van der Waals surface area contributed by atoms with Crippen LogP contribution in [0.3, 0.4) is 0 Å². The van der Waals surface area contributed by atoms with Gasteiger partial charge in [0.2, 0.25) is 5.60 Å². The van der Waals surface area contributed by atoms with E-state index >= 15 is 8.78 Å². The number of aliphatic hydroxyl groups excluding tert-OH is 1. The molecule has 9 heteroatoms. The van der Waals surface area contributed by atoms with Gasteiger partial charge in [-0.25, -0.2) is 18.4 Å². The van der Waals surface area contributed by atoms with Gasteiger partial charge in [0.15, 0.2) is 11.5 Å². The van der Waals surface area contributed by atoms with Crippen molar-refractivity contribution in [3.63, 3.8) is 0 Å². The number of carboxylic acid groups (broad SMARTS) is 1. The first-order chi connectivity index (χ1) is 18.1. The number of rotatable bonds is 3. The predicted octanol–water partition coefficient (Wildman–Crippen LogP) is 5.70. The topological polar surface area (TPSA) is 110 Å². The van der Waals surface area contributed by atoms with Crippen molar-refractivity contribution < 1.29 is 42.9 Å². The highest BCUT2D eigenvalue weighted by Crippen LogP contribution is 2.71. The van der Waals surface area contributed by atoms with Crippen LogP contribution in [0.5, 0.6) is 0 Å². The molecule has 0 aliphatic heterocycles. The van der Waals surface area contributed by atoms with Gasteiger partial charge in [-0.3, -0.25) is 4.79 Å². The van der Waals surface area contributed by atoms with E-state index in [9.17, 15) is 24.6 Å². The van der Waals surface area contributed by atoms with Gasteiger partial charge in [-0.15, -0.1) is 0 Å². The molecular formula is C30H40F2O7. The first-order valence-corrected chi connectivity index (χ1v) is 14.2. The lowest BCUT2D eigenvalue weighted by Gasteiger charge is -2.61. The lowest BCUT2D eigenvalue weighted by molar-refractivity contribution is -0.227. The van der Waals surface area contributed by atoms with Gasteiger partial charge in [0.05, 0.1) is 6.10 Å². The van der Waals surface area contributed by atoms with Crippen LogP contribution in [-0.4, -0.2) is 51.6 Å². The third kappa shape index (κ3) is 3.77. The minimum atomic E-state index is -2.33. The van der Waals surface area contributed by atoms with Crippen LogP contribution in [0.2, 0.25) is 0 Å². The average Bonchev–Trinajstić information content (AvgIpc) is 3.03. The molecule has 0 heterocycles. The fourth-order valence-electron chi connectivity index (χ4n) is 9.48. The Bertz CT molecular complexity index is 1140.